The van der Waals surface area contributed by atoms with Crippen LogP contribution in [0.5, 0.6) is 0 Å². The van der Waals surface area contributed by atoms with Gasteiger partial charge in [0.05, 0.1) is 17.5 Å². The molecule has 34 heavy (non-hydrogen) atoms. The minimum Gasteiger partial charge on any atom is -0.335 e. The molecular formula is C27H33N5O2. The van der Waals surface area contributed by atoms with E-state index in [4.69, 9.17) is 0 Å². The zero-order chi connectivity index (χ0) is 22.8. The van der Waals surface area contributed by atoms with Crippen molar-refractivity contribution < 1.29 is 9.59 Å². The summed E-state index contributed by atoms with van der Waals surface area (Å²) < 4.78 is 0. The Bertz CT molecular complexity index is 1170. The molecule has 5 atom stereocenters. The molecular weight excluding hydrogens is 426 g/mol. The Morgan fingerprint density at radius 3 is 2.94 bits per heavy atom. The van der Waals surface area contributed by atoms with Crippen molar-refractivity contribution in [2.45, 2.75) is 57.0 Å². The summed E-state index contributed by atoms with van der Waals surface area (Å²) in [6.07, 6.45) is 10.2. The second-order valence-corrected chi connectivity index (χ2v) is 11.0. The SMILES string of the molecule is O=C1CC(C(=O)N2CCCC3=C[C@@H]4C[C@@H](CN5CCCCC45)C32)CN1c1n[nH]c2ccccc12. The maximum atomic E-state index is 13.9. The lowest BCUT2D eigenvalue weighted by molar-refractivity contribution is -0.140. The molecule has 4 aliphatic heterocycles. The number of hydrogen-bond acceptors (Lipinski definition) is 4. The third-order valence-corrected chi connectivity index (χ3v) is 9.12. The fourth-order valence-electron chi connectivity index (χ4n) is 7.69. The molecule has 7 heteroatoms. The Morgan fingerprint density at radius 2 is 2.00 bits per heavy atom. The Hall–Kier alpha value is -2.67. The average Bonchev–Trinajstić information content (AvgIpc) is 3.46. The summed E-state index contributed by atoms with van der Waals surface area (Å²) in [5.41, 5.74) is 2.42. The number of para-hydroxylation sites is 1. The summed E-state index contributed by atoms with van der Waals surface area (Å²) in [6, 6.07) is 8.80. The summed E-state index contributed by atoms with van der Waals surface area (Å²) >= 11 is 0. The molecule has 4 fully saturated rings. The Morgan fingerprint density at radius 1 is 1.09 bits per heavy atom. The molecule has 178 valence electrons. The summed E-state index contributed by atoms with van der Waals surface area (Å²) in [6.45, 7) is 3.59. The van der Waals surface area contributed by atoms with Gasteiger partial charge in [-0.15, -0.1) is 0 Å². The van der Waals surface area contributed by atoms with Gasteiger partial charge in [0.2, 0.25) is 11.8 Å². The van der Waals surface area contributed by atoms with Crippen LogP contribution in [0.3, 0.4) is 0 Å². The van der Waals surface area contributed by atoms with Crippen LogP contribution >= 0.6 is 0 Å². The largest absolute Gasteiger partial charge is 0.335 e. The highest BCUT2D eigenvalue weighted by Crippen LogP contribution is 2.45. The molecule has 1 aromatic carbocycles. The summed E-state index contributed by atoms with van der Waals surface area (Å²) in [5, 5.41) is 8.38. The number of likely N-dealkylation sites (tertiary alicyclic amines) is 1. The zero-order valence-corrected chi connectivity index (χ0v) is 19.7. The van der Waals surface area contributed by atoms with Gasteiger partial charge in [0.25, 0.3) is 0 Å². The normalized spacial score (nSPS) is 33.6. The van der Waals surface area contributed by atoms with Crippen molar-refractivity contribution in [2.75, 3.05) is 31.1 Å². The molecule has 1 aliphatic carbocycles. The van der Waals surface area contributed by atoms with E-state index in [0.29, 0.717) is 30.2 Å². The predicted molar refractivity (Wildman–Crippen MR) is 130 cm³/mol. The van der Waals surface area contributed by atoms with Gasteiger partial charge in [0, 0.05) is 37.5 Å². The fraction of sp³-hybridized carbons (Fsp3) is 0.593. The van der Waals surface area contributed by atoms with Crippen molar-refractivity contribution in [3.05, 3.63) is 35.9 Å². The van der Waals surface area contributed by atoms with Gasteiger partial charge in [-0.3, -0.25) is 24.5 Å². The Labute approximate surface area is 200 Å². The van der Waals surface area contributed by atoms with E-state index in [9.17, 15) is 9.59 Å². The van der Waals surface area contributed by atoms with Crippen LogP contribution in [-0.4, -0.2) is 70.1 Å². The van der Waals surface area contributed by atoms with E-state index in [1.54, 1.807) is 4.90 Å². The van der Waals surface area contributed by atoms with Gasteiger partial charge in [-0.25, -0.2) is 0 Å². The molecule has 3 unspecified atom stereocenters. The van der Waals surface area contributed by atoms with Crippen molar-refractivity contribution >= 4 is 28.5 Å². The summed E-state index contributed by atoms with van der Waals surface area (Å²) in [4.78, 5) is 33.5. The first-order chi connectivity index (χ1) is 16.7. The zero-order valence-electron chi connectivity index (χ0n) is 19.7. The van der Waals surface area contributed by atoms with Crippen LogP contribution in [0.1, 0.15) is 44.9 Å². The quantitative estimate of drug-likeness (QED) is 0.700. The first-order valence-electron chi connectivity index (χ1n) is 13.2. The second-order valence-electron chi connectivity index (χ2n) is 11.0. The molecule has 2 amide bonds. The van der Waals surface area contributed by atoms with E-state index < -0.39 is 0 Å². The number of hydrogen-bond donors (Lipinski definition) is 1. The molecule has 1 aromatic heterocycles. The van der Waals surface area contributed by atoms with Crippen LogP contribution in [-0.2, 0) is 9.59 Å². The fourth-order valence-corrected chi connectivity index (χ4v) is 7.69. The number of benzene rings is 1. The molecule has 1 N–H and O–H groups in total. The van der Waals surface area contributed by atoms with Crippen molar-refractivity contribution in [1.82, 2.24) is 20.0 Å². The first kappa shape index (κ1) is 20.7. The number of aromatic amines is 1. The highest BCUT2D eigenvalue weighted by molar-refractivity contribution is 6.05. The summed E-state index contributed by atoms with van der Waals surface area (Å²) in [5.74, 6) is 1.74. The number of nitrogens with zero attached hydrogens (tertiary/aromatic N) is 4. The Kier molecular flexibility index (Phi) is 4.83. The predicted octanol–water partition coefficient (Wildman–Crippen LogP) is 3.34. The molecule has 2 bridgehead atoms. The maximum absolute atomic E-state index is 13.9. The monoisotopic (exact) mass is 459 g/mol. The number of carbonyl (C=O) groups is 2. The molecule has 4 saturated heterocycles. The molecule has 7 nitrogen and oxygen atoms in total. The molecule has 5 aliphatic rings. The number of fused-ring (bicyclic) bond motifs is 7. The average molecular weight is 460 g/mol. The maximum Gasteiger partial charge on any atom is 0.229 e. The number of H-pyrrole nitrogens is 1. The minimum absolute atomic E-state index is 0.000844. The van der Waals surface area contributed by atoms with Crippen LogP contribution in [0.15, 0.2) is 35.9 Å². The molecule has 2 aromatic rings. The van der Waals surface area contributed by atoms with Crippen LogP contribution in [0.2, 0.25) is 0 Å². The minimum atomic E-state index is -0.286. The topological polar surface area (TPSA) is 72.5 Å². The number of amides is 2. The number of carbonyl (C=O) groups excluding carboxylic acids is 2. The van der Waals surface area contributed by atoms with Gasteiger partial charge in [0.1, 0.15) is 0 Å². The van der Waals surface area contributed by atoms with Crippen LogP contribution in [0, 0.1) is 17.8 Å². The van der Waals surface area contributed by atoms with Gasteiger partial charge >= 0.3 is 0 Å². The van der Waals surface area contributed by atoms with Gasteiger partial charge in [0.15, 0.2) is 5.82 Å². The van der Waals surface area contributed by atoms with Crippen LogP contribution in [0.4, 0.5) is 5.82 Å². The lowest BCUT2D eigenvalue weighted by Gasteiger charge is -2.55. The molecule has 0 radical (unpaired) electrons. The van der Waals surface area contributed by atoms with E-state index in [0.717, 1.165) is 36.8 Å². The van der Waals surface area contributed by atoms with E-state index >= 15 is 0 Å². The third-order valence-electron chi connectivity index (χ3n) is 9.12. The standard InChI is InChI=1S/C27H33N5O2/c33-24-14-20(16-32(24)26-21-7-1-2-8-22(21)28-29-26)27(34)31-11-5-6-17-12-18-13-19(25(17)31)15-30-10-4-3-9-23(18)30/h1-2,7-8,12,18-20,23,25H,3-6,9-11,13-16H2,(H,28,29)/t18-,19+,20?,23?,25?/m1/s1. The highest BCUT2D eigenvalue weighted by atomic mass is 16.2. The van der Waals surface area contributed by atoms with Gasteiger partial charge in [-0.05, 0) is 62.6 Å². The lowest BCUT2D eigenvalue weighted by Crippen LogP contribution is -2.60. The van der Waals surface area contributed by atoms with Crippen LogP contribution < -0.4 is 4.90 Å². The third kappa shape index (κ3) is 3.16. The van der Waals surface area contributed by atoms with E-state index in [1.807, 2.05) is 24.3 Å². The smallest absolute Gasteiger partial charge is 0.229 e. The van der Waals surface area contributed by atoms with Crippen molar-refractivity contribution in [3.63, 3.8) is 0 Å². The molecule has 0 spiro atoms. The van der Waals surface area contributed by atoms with Crippen molar-refractivity contribution in [3.8, 4) is 0 Å². The number of aromatic nitrogens is 2. The summed E-state index contributed by atoms with van der Waals surface area (Å²) in [7, 11) is 0. The highest BCUT2D eigenvalue weighted by Gasteiger charge is 2.48. The number of nitrogens with one attached hydrogen (secondary N) is 1. The first-order valence-corrected chi connectivity index (χ1v) is 13.2. The molecule has 5 heterocycles. The number of piperidine rings is 3. The molecule has 7 rings (SSSR count). The number of anilines is 1. The lowest BCUT2D eigenvalue weighted by atomic mass is 9.68. The number of rotatable bonds is 2. The van der Waals surface area contributed by atoms with Crippen molar-refractivity contribution in [2.24, 2.45) is 17.8 Å². The van der Waals surface area contributed by atoms with Gasteiger partial charge < -0.3 is 4.90 Å². The van der Waals surface area contributed by atoms with Gasteiger partial charge in [-0.1, -0.05) is 30.2 Å². The van der Waals surface area contributed by atoms with E-state index in [-0.39, 0.29) is 30.2 Å². The Balaban J connectivity index is 1.14. The van der Waals surface area contributed by atoms with Crippen molar-refractivity contribution in [1.29, 1.82) is 0 Å². The molecule has 0 saturated carbocycles. The van der Waals surface area contributed by atoms with E-state index in [2.05, 4.69) is 26.1 Å². The van der Waals surface area contributed by atoms with Crippen LogP contribution in [0.25, 0.3) is 10.9 Å². The second kappa shape index (κ2) is 7.94. The van der Waals surface area contributed by atoms with E-state index in [1.165, 1.54) is 37.8 Å². The van der Waals surface area contributed by atoms with Gasteiger partial charge in [-0.2, -0.15) is 5.10 Å².